The van der Waals surface area contributed by atoms with Gasteiger partial charge in [0.25, 0.3) is 0 Å². The van der Waals surface area contributed by atoms with E-state index in [2.05, 4.69) is 43.3 Å². The molecule has 1 heterocycles. The smallest absolute Gasteiger partial charge is 0.306 e. The fourth-order valence-electron chi connectivity index (χ4n) is 3.20. The lowest BCUT2D eigenvalue weighted by Crippen LogP contribution is -2.08. The molecule has 0 aliphatic heterocycles. The Morgan fingerprint density at radius 1 is 1.04 bits per heavy atom. The maximum atomic E-state index is 10.8. The molecular formula is C22H30O2S. The van der Waals surface area contributed by atoms with Crippen molar-refractivity contribution >= 4 is 17.3 Å². The summed E-state index contributed by atoms with van der Waals surface area (Å²) in [5.41, 5.74) is 2.94. The quantitative estimate of drug-likeness (QED) is 0.496. The molecule has 0 saturated heterocycles. The van der Waals surface area contributed by atoms with Gasteiger partial charge < -0.3 is 5.11 Å². The number of carboxylic acids is 1. The van der Waals surface area contributed by atoms with E-state index in [4.69, 9.17) is 5.11 Å². The summed E-state index contributed by atoms with van der Waals surface area (Å²) in [6.45, 7) is 4.00. The molecule has 3 heteroatoms. The van der Waals surface area contributed by atoms with Crippen molar-refractivity contribution in [2.45, 2.75) is 65.2 Å². The van der Waals surface area contributed by atoms with Gasteiger partial charge in [-0.15, -0.1) is 11.3 Å². The van der Waals surface area contributed by atoms with E-state index >= 15 is 0 Å². The van der Waals surface area contributed by atoms with E-state index in [-0.39, 0.29) is 5.92 Å². The molecule has 2 aromatic rings. The average Bonchev–Trinajstić information content (AvgIpc) is 2.95. The summed E-state index contributed by atoms with van der Waals surface area (Å²) in [5, 5.41) is 8.92. The third-order valence-corrected chi connectivity index (χ3v) is 5.89. The Labute approximate surface area is 155 Å². The van der Waals surface area contributed by atoms with Gasteiger partial charge in [0.1, 0.15) is 0 Å². The van der Waals surface area contributed by atoms with E-state index in [0.717, 1.165) is 38.5 Å². The Morgan fingerprint density at radius 3 is 2.52 bits per heavy atom. The van der Waals surface area contributed by atoms with Gasteiger partial charge in [-0.05, 0) is 62.6 Å². The summed E-state index contributed by atoms with van der Waals surface area (Å²) in [5.74, 6) is -0.883. The van der Waals surface area contributed by atoms with Gasteiger partial charge >= 0.3 is 5.97 Å². The van der Waals surface area contributed by atoms with Gasteiger partial charge in [-0.25, -0.2) is 0 Å². The van der Waals surface area contributed by atoms with E-state index < -0.39 is 5.97 Å². The number of aryl methyl sites for hydroxylation is 4. The molecular weight excluding hydrogens is 328 g/mol. The van der Waals surface area contributed by atoms with Crippen molar-refractivity contribution in [3.63, 3.8) is 0 Å². The van der Waals surface area contributed by atoms with Crippen LogP contribution >= 0.6 is 11.3 Å². The highest BCUT2D eigenvalue weighted by Crippen LogP contribution is 2.26. The number of rotatable bonds is 11. The van der Waals surface area contributed by atoms with Crippen LogP contribution in [-0.4, -0.2) is 11.1 Å². The first-order chi connectivity index (χ1) is 12.1. The zero-order chi connectivity index (χ0) is 18.1. The number of carbonyl (C=O) groups is 1. The second kappa shape index (κ2) is 10.4. The summed E-state index contributed by atoms with van der Waals surface area (Å²) < 4.78 is 0. The molecule has 0 saturated carbocycles. The Kier molecular flexibility index (Phi) is 8.20. The molecule has 1 unspecified atom stereocenters. The van der Waals surface area contributed by atoms with Crippen molar-refractivity contribution < 1.29 is 9.90 Å². The summed E-state index contributed by atoms with van der Waals surface area (Å²) in [6.07, 6.45) is 8.73. The van der Waals surface area contributed by atoms with Crippen LogP contribution in [0.2, 0.25) is 0 Å². The number of unbranched alkanes of at least 4 members (excludes halogenated alkanes) is 2. The van der Waals surface area contributed by atoms with Crippen LogP contribution in [-0.2, 0) is 24.1 Å². The first-order valence-corrected chi connectivity index (χ1v) is 10.2. The zero-order valence-corrected chi connectivity index (χ0v) is 16.3. The fourth-order valence-corrected chi connectivity index (χ4v) is 4.33. The normalized spacial score (nSPS) is 12.2. The first kappa shape index (κ1) is 19.7. The maximum absolute atomic E-state index is 10.8. The Balaban J connectivity index is 1.73. The topological polar surface area (TPSA) is 37.3 Å². The van der Waals surface area contributed by atoms with Crippen LogP contribution in [0.25, 0.3) is 0 Å². The number of thiophene rings is 1. The van der Waals surface area contributed by atoms with Crippen molar-refractivity contribution in [3.05, 3.63) is 57.3 Å². The van der Waals surface area contributed by atoms with E-state index in [1.807, 2.05) is 11.3 Å². The lowest BCUT2D eigenvalue weighted by Gasteiger charge is -2.07. The van der Waals surface area contributed by atoms with E-state index in [9.17, 15) is 4.79 Å². The summed E-state index contributed by atoms with van der Waals surface area (Å²) in [7, 11) is 0. The minimum Gasteiger partial charge on any atom is -0.481 e. The lowest BCUT2D eigenvalue weighted by molar-refractivity contribution is -0.141. The molecule has 0 spiro atoms. The molecule has 1 N–H and O–H groups in total. The van der Waals surface area contributed by atoms with Crippen molar-refractivity contribution in [3.8, 4) is 0 Å². The standard InChI is InChI=1S/C22H30O2S/c1-17(22(23)24)10-5-3-8-14-20-16-18(2)25-21(20)15-9-13-19-11-6-4-7-12-19/h4,6-7,11-12,16-17H,3,5,8-10,13-15H2,1-2H3,(H,23,24). The van der Waals surface area contributed by atoms with Gasteiger partial charge in [0.2, 0.25) is 0 Å². The van der Waals surface area contributed by atoms with Crippen LogP contribution in [0.1, 0.15) is 59.9 Å². The van der Waals surface area contributed by atoms with Crippen LogP contribution in [0.3, 0.4) is 0 Å². The molecule has 0 bridgehead atoms. The molecule has 1 aromatic heterocycles. The molecule has 25 heavy (non-hydrogen) atoms. The van der Waals surface area contributed by atoms with Crippen LogP contribution in [0, 0.1) is 12.8 Å². The van der Waals surface area contributed by atoms with Gasteiger partial charge in [-0.1, -0.05) is 50.1 Å². The SMILES string of the molecule is Cc1cc(CCCCCC(C)C(=O)O)c(CCCc2ccccc2)s1. The van der Waals surface area contributed by atoms with Gasteiger partial charge in [-0.3, -0.25) is 4.79 Å². The van der Waals surface area contributed by atoms with Gasteiger partial charge in [0.05, 0.1) is 5.92 Å². The molecule has 0 aliphatic rings. The number of aliphatic carboxylic acids is 1. The predicted octanol–water partition coefficient (Wildman–Crippen LogP) is 6.06. The minimum absolute atomic E-state index is 0.211. The lowest BCUT2D eigenvalue weighted by atomic mass is 10.00. The van der Waals surface area contributed by atoms with Crippen LogP contribution in [0.15, 0.2) is 36.4 Å². The molecule has 0 radical (unpaired) electrons. The molecule has 2 nitrogen and oxygen atoms in total. The van der Waals surface area contributed by atoms with Crippen molar-refractivity contribution in [1.82, 2.24) is 0 Å². The van der Waals surface area contributed by atoms with E-state index in [1.165, 1.54) is 28.8 Å². The van der Waals surface area contributed by atoms with Crippen molar-refractivity contribution in [1.29, 1.82) is 0 Å². The van der Waals surface area contributed by atoms with Crippen molar-refractivity contribution in [2.24, 2.45) is 5.92 Å². The number of hydrogen-bond donors (Lipinski definition) is 1. The van der Waals surface area contributed by atoms with E-state index in [1.54, 1.807) is 11.8 Å². The summed E-state index contributed by atoms with van der Waals surface area (Å²) >= 11 is 1.94. The Hall–Kier alpha value is -1.61. The molecule has 2 rings (SSSR count). The van der Waals surface area contributed by atoms with E-state index in [0.29, 0.717) is 0 Å². The average molecular weight is 359 g/mol. The largest absolute Gasteiger partial charge is 0.481 e. The van der Waals surface area contributed by atoms with Crippen molar-refractivity contribution in [2.75, 3.05) is 0 Å². The second-order valence-electron chi connectivity index (χ2n) is 6.98. The highest BCUT2D eigenvalue weighted by Gasteiger charge is 2.10. The summed E-state index contributed by atoms with van der Waals surface area (Å²) in [4.78, 5) is 13.8. The molecule has 136 valence electrons. The van der Waals surface area contributed by atoms with Crippen LogP contribution < -0.4 is 0 Å². The minimum atomic E-state index is -0.672. The van der Waals surface area contributed by atoms with Gasteiger partial charge in [0, 0.05) is 9.75 Å². The monoisotopic (exact) mass is 358 g/mol. The third-order valence-electron chi connectivity index (χ3n) is 4.74. The molecule has 0 aliphatic carbocycles. The number of benzene rings is 1. The molecule has 0 amide bonds. The maximum Gasteiger partial charge on any atom is 0.306 e. The second-order valence-corrected chi connectivity index (χ2v) is 8.32. The predicted molar refractivity (Wildman–Crippen MR) is 106 cm³/mol. The fraction of sp³-hybridized carbons (Fsp3) is 0.500. The van der Waals surface area contributed by atoms with Crippen LogP contribution in [0.4, 0.5) is 0 Å². The number of hydrogen-bond acceptors (Lipinski definition) is 2. The summed E-state index contributed by atoms with van der Waals surface area (Å²) in [6, 6.07) is 13.1. The third kappa shape index (κ3) is 7.03. The molecule has 0 fully saturated rings. The van der Waals surface area contributed by atoms with Gasteiger partial charge in [-0.2, -0.15) is 0 Å². The highest BCUT2D eigenvalue weighted by molar-refractivity contribution is 7.12. The highest BCUT2D eigenvalue weighted by atomic mass is 32.1. The number of carboxylic acid groups (broad SMARTS) is 1. The zero-order valence-electron chi connectivity index (χ0n) is 15.5. The van der Waals surface area contributed by atoms with Gasteiger partial charge in [0.15, 0.2) is 0 Å². The Morgan fingerprint density at radius 2 is 1.80 bits per heavy atom. The molecule has 1 aromatic carbocycles. The Bertz CT molecular complexity index is 645. The first-order valence-electron chi connectivity index (χ1n) is 9.41. The van der Waals surface area contributed by atoms with Crippen LogP contribution in [0.5, 0.6) is 0 Å². The molecule has 1 atom stereocenters.